The predicted molar refractivity (Wildman–Crippen MR) is 101 cm³/mol. The van der Waals surface area contributed by atoms with Gasteiger partial charge in [-0.05, 0) is 29.7 Å². The van der Waals surface area contributed by atoms with Gasteiger partial charge in [0.1, 0.15) is 12.7 Å². The number of rotatable bonds is 6. The molecule has 0 amide bonds. The quantitative estimate of drug-likeness (QED) is 0.485. The van der Waals surface area contributed by atoms with E-state index in [1.807, 2.05) is 10.7 Å². The first-order valence-corrected chi connectivity index (χ1v) is 9.11. The highest BCUT2D eigenvalue weighted by molar-refractivity contribution is 14.1. The van der Waals surface area contributed by atoms with Gasteiger partial charge in [-0.25, -0.2) is 9.67 Å². The third-order valence-electron chi connectivity index (χ3n) is 3.87. The van der Waals surface area contributed by atoms with Crippen LogP contribution in [0.25, 0.3) is 5.69 Å². The van der Waals surface area contributed by atoms with E-state index < -0.39 is 0 Å². The molecule has 4 nitrogen and oxygen atoms in total. The molecule has 23 heavy (non-hydrogen) atoms. The van der Waals surface area contributed by atoms with E-state index in [2.05, 4.69) is 87.4 Å². The van der Waals surface area contributed by atoms with Crippen molar-refractivity contribution in [1.82, 2.24) is 20.1 Å². The van der Waals surface area contributed by atoms with Crippen molar-refractivity contribution in [3.63, 3.8) is 0 Å². The van der Waals surface area contributed by atoms with Crippen molar-refractivity contribution < 1.29 is 0 Å². The molecule has 118 valence electrons. The lowest BCUT2D eigenvalue weighted by Gasteiger charge is -2.15. The van der Waals surface area contributed by atoms with Gasteiger partial charge in [0.15, 0.2) is 0 Å². The number of aromatic nitrogens is 3. The fourth-order valence-corrected chi connectivity index (χ4v) is 3.15. The molecule has 0 fully saturated rings. The summed E-state index contributed by atoms with van der Waals surface area (Å²) in [5.74, 6) is 0. The first-order chi connectivity index (χ1) is 11.3. The molecule has 3 rings (SSSR count). The Labute approximate surface area is 150 Å². The number of nitrogens with one attached hydrogen (secondary N) is 1. The molecule has 0 bridgehead atoms. The van der Waals surface area contributed by atoms with Gasteiger partial charge in [0, 0.05) is 17.0 Å². The number of hydrogen-bond donors (Lipinski definition) is 1. The smallest absolute Gasteiger partial charge is 0.138 e. The number of alkyl halides is 1. The molecule has 1 heterocycles. The number of hydrogen-bond acceptors (Lipinski definition) is 3. The molecule has 1 aromatic heterocycles. The summed E-state index contributed by atoms with van der Waals surface area (Å²) < 4.78 is 2.78. The lowest BCUT2D eigenvalue weighted by molar-refractivity contribution is 0.574. The van der Waals surface area contributed by atoms with Gasteiger partial charge in [0.25, 0.3) is 0 Å². The number of benzene rings is 2. The zero-order chi connectivity index (χ0) is 16.1. The fraction of sp³-hybridized carbons (Fsp3) is 0.222. The Morgan fingerprint density at radius 2 is 2.00 bits per heavy atom. The second kappa shape index (κ2) is 7.70. The average Bonchev–Trinajstić information content (AvgIpc) is 3.14. The maximum atomic E-state index is 4.26. The topological polar surface area (TPSA) is 42.7 Å². The Bertz CT molecular complexity index is 741. The molecule has 0 unspecified atom stereocenters. The van der Waals surface area contributed by atoms with E-state index in [4.69, 9.17) is 0 Å². The molecule has 2 aromatic carbocycles. The van der Waals surface area contributed by atoms with E-state index in [9.17, 15) is 0 Å². The maximum Gasteiger partial charge on any atom is 0.138 e. The van der Waals surface area contributed by atoms with Crippen LogP contribution in [-0.2, 0) is 11.0 Å². The SMILES string of the molecule is C[C@@H](NCc1ccc(CI)c(-n2cncn2)c1)c1ccccc1. The van der Waals surface area contributed by atoms with Crippen LogP contribution < -0.4 is 5.32 Å². The van der Waals surface area contributed by atoms with Crippen LogP contribution >= 0.6 is 22.6 Å². The van der Waals surface area contributed by atoms with Gasteiger partial charge in [-0.15, -0.1) is 0 Å². The third kappa shape index (κ3) is 3.97. The molecule has 1 N–H and O–H groups in total. The maximum absolute atomic E-state index is 4.26. The van der Waals surface area contributed by atoms with Crippen molar-refractivity contribution in [3.05, 3.63) is 77.9 Å². The Hall–Kier alpha value is -1.73. The predicted octanol–water partition coefficient (Wildman–Crippen LogP) is 4.05. The molecule has 3 aromatic rings. The molecule has 0 aliphatic rings. The van der Waals surface area contributed by atoms with Crippen LogP contribution in [-0.4, -0.2) is 14.8 Å². The summed E-state index contributed by atoms with van der Waals surface area (Å²) in [6.45, 7) is 3.01. The Balaban J connectivity index is 1.75. The first kappa shape index (κ1) is 16.1. The van der Waals surface area contributed by atoms with Gasteiger partial charge < -0.3 is 5.32 Å². The molecular formula is C18H19IN4. The summed E-state index contributed by atoms with van der Waals surface area (Å²) in [6, 6.07) is 17.4. The lowest BCUT2D eigenvalue weighted by Crippen LogP contribution is -2.18. The molecule has 0 aliphatic heterocycles. The Morgan fingerprint density at radius 3 is 2.70 bits per heavy atom. The van der Waals surface area contributed by atoms with E-state index in [1.54, 1.807) is 12.7 Å². The monoisotopic (exact) mass is 418 g/mol. The van der Waals surface area contributed by atoms with Crippen LogP contribution in [0, 0.1) is 0 Å². The van der Waals surface area contributed by atoms with Crippen LogP contribution in [0.3, 0.4) is 0 Å². The fourth-order valence-electron chi connectivity index (χ4n) is 2.51. The van der Waals surface area contributed by atoms with E-state index >= 15 is 0 Å². The molecule has 0 spiro atoms. The van der Waals surface area contributed by atoms with Crippen molar-refractivity contribution in [2.75, 3.05) is 0 Å². The number of nitrogens with zero attached hydrogens (tertiary/aromatic N) is 3. The molecule has 0 aliphatic carbocycles. The summed E-state index contributed by atoms with van der Waals surface area (Å²) in [6.07, 6.45) is 3.31. The molecular weight excluding hydrogens is 399 g/mol. The highest BCUT2D eigenvalue weighted by atomic mass is 127. The van der Waals surface area contributed by atoms with Crippen LogP contribution in [0.2, 0.25) is 0 Å². The minimum Gasteiger partial charge on any atom is -0.306 e. The zero-order valence-electron chi connectivity index (χ0n) is 13.0. The van der Waals surface area contributed by atoms with E-state index in [1.165, 1.54) is 16.7 Å². The van der Waals surface area contributed by atoms with Crippen molar-refractivity contribution >= 4 is 22.6 Å². The minimum absolute atomic E-state index is 0.315. The minimum atomic E-state index is 0.315. The highest BCUT2D eigenvalue weighted by Gasteiger charge is 2.08. The summed E-state index contributed by atoms with van der Waals surface area (Å²) >= 11 is 2.38. The largest absolute Gasteiger partial charge is 0.306 e. The van der Waals surface area contributed by atoms with Crippen molar-refractivity contribution in [3.8, 4) is 5.69 Å². The molecule has 1 atom stereocenters. The molecule has 0 saturated heterocycles. The standard InChI is InChI=1S/C18H19IN4/c1-14(16-5-3-2-4-6-16)21-11-15-7-8-17(10-19)18(9-15)23-13-20-12-22-23/h2-9,12-14,21H,10-11H2,1H3/t14-/m1/s1. The molecule has 0 saturated carbocycles. The summed E-state index contributed by atoms with van der Waals surface area (Å²) in [5, 5.41) is 7.84. The van der Waals surface area contributed by atoms with Gasteiger partial charge in [-0.2, -0.15) is 5.10 Å². The summed E-state index contributed by atoms with van der Waals surface area (Å²) in [5.41, 5.74) is 4.90. The highest BCUT2D eigenvalue weighted by Crippen LogP contribution is 2.20. The average molecular weight is 418 g/mol. The summed E-state index contributed by atoms with van der Waals surface area (Å²) in [7, 11) is 0. The van der Waals surface area contributed by atoms with E-state index in [0.29, 0.717) is 6.04 Å². The van der Waals surface area contributed by atoms with Gasteiger partial charge in [0.2, 0.25) is 0 Å². The van der Waals surface area contributed by atoms with Gasteiger partial charge >= 0.3 is 0 Å². The normalized spacial score (nSPS) is 12.3. The molecule has 0 radical (unpaired) electrons. The Morgan fingerprint density at radius 1 is 1.17 bits per heavy atom. The van der Waals surface area contributed by atoms with Gasteiger partial charge in [-0.1, -0.05) is 65.1 Å². The second-order valence-corrected chi connectivity index (χ2v) is 6.21. The third-order valence-corrected chi connectivity index (χ3v) is 4.69. The zero-order valence-corrected chi connectivity index (χ0v) is 15.1. The lowest BCUT2D eigenvalue weighted by atomic mass is 10.1. The summed E-state index contributed by atoms with van der Waals surface area (Å²) in [4.78, 5) is 4.05. The first-order valence-electron chi connectivity index (χ1n) is 7.59. The van der Waals surface area contributed by atoms with Crippen LogP contribution in [0.1, 0.15) is 29.7 Å². The van der Waals surface area contributed by atoms with E-state index in [-0.39, 0.29) is 0 Å². The van der Waals surface area contributed by atoms with Crippen molar-refractivity contribution in [1.29, 1.82) is 0 Å². The molecule has 5 heteroatoms. The van der Waals surface area contributed by atoms with Crippen LogP contribution in [0.15, 0.2) is 61.2 Å². The van der Waals surface area contributed by atoms with Gasteiger partial charge in [-0.3, -0.25) is 0 Å². The van der Waals surface area contributed by atoms with E-state index in [0.717, 1.165) is 16.7 Å². The van der Waals surface area contributed by atoms with Crippen molar-refractivity contribution in [2.24, 2.45) is 0 Å². The van der Waals surface area contributed by atoms with Crippen molar-refractivity contribution in [2.45, 2.75) is 23.9 Å². The second-order valence-electron chi connectivity index (χ2n) is 5.45. The van der Waals surface area contributed by atoms with Gasteiger partial charge in [0.05, 0.1) is 5.69 Å². The van der Waals surface area contributed by atoms with Crippen LogP contribution in [0.4, 0.5) is 0 Å². The van der Waals surface area contributed by atoms with Crippen LogP contribution in [0.5, 0.6) is 0 Å². The number of halogens is 1. The Kier molecular flexibility index (Phi) is 5.40.